The molecule has 0 saturated heterocycles. The number of benzene rings is 3. The summed E-state index contributed by atoms with van der Waals surface area (Å²) in [5.41, 5.74) is 3.59. The molecule has 0 aliphatic heterocycles. The van der Waals surface area contributed by atoms with Gasteiger partial charge in [0.05, 0.1) is 17.8 Å². The lowest BCUT2D eigenvalue weighted by molar-refractivity contribution is -0.136. The fourth-order valence-corrected chi connectivity index (χ4v) is 3.02. The molecule has 3 rings (SSSR count). The maximum absolute atomic E-state index is 14.0. The molecule has 0 aliphatic carbocycles. The molecule has 3 aromatic rings. The molecule has 0 bridgehead atoms. The number of anilines is 1. The second kappa shape index (κ2) is 11.2. The van der Waals surface area contributed by atoms with Gasteiger partial charge in [-0.1, -0.05) is 17.7 Å². The van der Waals surface area contributed by atoms with E-state index in [1.54, 1.807) is 31.2 Å². The van der Waals surface area contributed by atoms with Crippen LogP contribution in [0.1, 0.15) is 18.1 Å². The normalized spacial score (nSPS) is 11.0. The number of rotatable bonds is 7. The van der Waals surface area contributed by atoms with Gasteiger partial charge in [-0.25, -0.2) is 14.2 Å². The van der Waals surface area contributed by atoms with Crippen LogP contribution >= 0.6 is 11.6 Å². The molecule has 0 unspecified atom stereocenters. The molecule has 0 fully saturated rings. The Hall–Kier alpha value is -3.98. The minimum absolute atomic E-state index is 0.104. The summed E-state index contributed by atoms with van der Waals surface area (Å²) in [6.07, 6.45) is 0. The van der Waals surface area contributed by atoms with Crippen molar-refractivity contribution in [3.05, 3.63) is 88.4 Å². The standard InChI is InChI=1S/C24H20ClF2N3O4/c1-14(29-30-24(32)23(31)28-17-9-7-16(26)8-10-17)15-6-11-21(22(12-15)33-2)34-13-18-19(25)4-3-5-20(18)27/h3-12H,13H2,1-2H3,(H,28,31)(H,30,32). The Balaban J connectivity index is 1.64. The van der Waals surface area contributed by atoms with Crippen LogP contribution in [0.2, 0.25) is 5.02 Å². The summed E-state index contributed by atoms with van der Waals surface area (Å²) in [5.74, 6) is -2.22. The zero-order valence-electron chi connectivity index (χ0n) is 18.2. The van der Waals surface area contributed by atoms with Crippen LogP contribution in [0.25, 0.3) is 0 Å². The summed E-state index contributed by atoms with van der Waals surface area (Å²) in [6.45, 7) is 1.51. The largest absolute Gasteiger partial charge is 0.493 e. The van der Waals surface area contributed by atoms with Gasteiger partial charge in [-0.2, -0.15) is 5.10 Å². The van der Waals surface area contributed by atoms with Gasteiger partial charge in [-0.3, -0.25) is 9.59 Å². The van der Waals surface area contributed by atoms with E-state index in [2.05, 4.69) is 15.8 Å². The maximum Gasteiger partial charge on any atom is 0.329 e. The van der Waals surface area contributed by atoms with Crippen molar-refractivity contribution >= 4 is 34.8 Å². The molecule has 34 heavy (non-hydrogen) atoms. The number of amides is 2. The molecular formula is C24H20ClF2N3O4. The van der Waals surface area contributed by atoms with Crippen LogP contribution in [0.3, 0.4) is 0 Å². The average Bonchev–Trinajstić information content (AvgIpc) is 2.83. The van der Waals surface area contributed by atoms with Gasteiger partial charge in [-0.15, -0.1) is 0 Å². The molecule has 7 nitrogen and oxygen atoms in total. The predicted molar refractivity (Wildman–Crippen MR) is 124 cm³/mol. The molecule has 0 atom stereocenters. The highest BCUT2D eigenvalue weighted by molar-refractivity contribution is 6.39. The third kappa shape index (κ3) is 6.29. The van der Waals surface area contributed by atoms with Crippen LogP contribution in [0.15, 0.2) is 65.8 Å². The number of methoxy groups -OCH3 is 1. The van der Waals surface area contributed by atoms with Gasteiger partial charge in [0.2, 0.25) is 0 Å². The first-order valence-electron chi connectivity index (χ1n) is 9.93. The number of carbonyl (C=O) groups excluding carboxylic acids is 2. The zero-order valence-corrected chi connectivity index (χ0v) is 19.0. The van der Waals surface area contributed by atoms with Crippen molar-refractivity contribution in [2.24, 2.45) is 5.10 Å². The first-order chi connectivity index (χ1) is 16.3. The fraction of sp³-hybridized carbons (Fsp3) is 0.125. The first-order valence-corrected chi connectivity index (χ1v) is 10.3. The highest BCUT2D eigenvalue weighted by Gasteiger charge is 2.15. The topological polar surface area (TPSA) is 89.0 Å². The number of halogens is 3. The summed E-state index contributed by atoms with van der Waals surface area (Å²) < 4.78 is 37.9. The van der Waals surface area contributed by atoms with E-state index in [1.165, 1.54) is 31.4 Å². The van der Waals surface area contributed by atoms with E-state index in [4.69, 9.17) is 21.1 Å². The summed E-state index contributed by atoms with van der Waals surface area (Å²) in [4.78, 5) is 24.0. The highest BCUT2D eigenvalue weighted by Crippen LogP contribution is 2.30. The number of nitrogens with one attached hydrogen (secondary N) is 2. The van der Waals surface area contributed by atoms with E-state index in [0.717, 1.165) is 12.1 Å². The quantitative estimate of drug-likeness (QED) is 0.287. The van der Waals surface area contributed by atoms with E-state index in [0.29, 0.717) is 22.8 Å². The lowest BCUT2D eigenvalue weighted by Crippen LogP contribution is -2.32. The van der Waals surface area contributed by atoms with Crippen molar-refractivity contribution in [1.29, 1.82) is 0 Å². The molecule has 0 aliphatic rings. The van der Waals surface area contributed by atoms with Crippen molar-refractivity contribution in [2.75, 3.05) is 12.4 Å². The average molecular weight is 488 g/mol. The number of hydrogen-bond donors (Lipinski definition) is 2. The number of hydrazone groups is 1. The van der Waals surface area contributed by atoms with Crippen LogP contribution in [-0.4, -0.2) is 24.6 Å². The second-order valence-corrected chi connectivity index (χ2v) is 7.36. The van der Waals surface area contributed by atoms with Gasteiger partial charge in [0, 0.05) is 16.8 Å². The minimum atomic E-state index is -1.00. The number of ether oxygens (including phenoxy) is 2. The van der Waals surface area contributed by atoms with Gasteiger partial charge < -0.3 is 14.8 Å². The van der Waals surface area contributed by atoms with E-state index >= 15 is 0 Å². The van der Waals surface area contributed by atoms with Gasteiger partial charge in [0.25, 0.3) is 0 Å². The van der Waals surface area contributed by atoms with Crippen LogP contribution in [0.5, 0.6) is 11.5 Å². The third-order valence-electron chi connectivity index (χ3n) is 4.65. The fourth-order valence-electron chi connectivity index (χ4n) is 2.80. The van der Waals surface area contributed by atoms with Gasteiger partial charge >= 0.3 is 11.8 Å². The minimum Gasteiger partial charge on any atom is -0.493 e. The Morgan fingerprint density at radius 3 is 2.41 bits per heavy atom. The van der Waals surface area contributed by atoms with Gasteiger partial charge in [0.1, 0.15) is 18.2 Å². The number of nitrogens with zero attached hydrogens (tertiary/aromatic N) is 1. The molecule has 0 heterocycles. The Morgan fingerprint density at radius 1 is 1.00 bits per heavy atom. The Morgan fingerprint density at radius 2 is 1.74 bits per heavy atom. The van der Waals surface area contributed by atoms with Crippen molar-refractivity contribution in [1.82, 2.24) is 5.43 Å². The van der Waals surface area contributed by atoms with Crippen LogP contribution in [0.4, 0.5) is 14.5 Å². The molecule has 0 radical (unpaired) electrons. The molecule has 0 aromatic heterocycles. The highest BCUT2D eigenvalue weighted by atomic mass is 35.5. The third-order valence-corrected chi connectivity index (χ3v) is 5.00. The van der Waals surface area contributed by atoms with E-state index in [-0.39, 0.29) is 22.9 Å². The van der Waals surface area contributed by atoms with E-state index in [1.807, 2.05) is 0 Å². The molecule has 176 valence electrons. The Labute approximate surface area is 199 Å². The summed E-state index contributed by atoms with van der Waals surface area (Å²) in [7, 11) is 1.44. The smallest absolute Gasteiger partial charge is 0.329 e. The first kappa shape index (κ1) is 24.7. The molecule has 0 saturated carbocycles. The lowest BCUT2D eigenvalue weighted by Gasteiger charge is -2.13. The number of hydrogen-bond acceptors (Lipinski definition) is 5. The van der Waals surface area contributed by atoms with Crippen LogP contribution in [0, 0.1) is 11.6 Å². The van der Waals surface area contributed by atoms with Crippen molar-refractivity contribution in [3.63, 3.8) is 0 Å². The van der Waals surface area contributed by atoms with Crippen LogP contribution < -0.4 is 20.2 Å². The van der Waals surface area contributed by atoms with Crippen molar-refractivity contribution in [2.45, 2.75) is 13.5 Å². The summed E-state index contributed by atoms with van der Waals surface area (Å²) in [5, 5.41) is 6.51. The maximum atomic E-state index is 14.0. The Bertz CT molecular complexity index is 1210. The number of carbonyl (C=O) groups is 2. The SMILES string of the molecule is COc1cc(C(C)=NNC(=O)C(=O)Nc2ccc(F)cc2)ccc1OCc1c(F)cccc1Cl. The Kier molecular flexibility index (Phi) is 8.15. The lowest BCUT2D eigenvalue weighted by atomic mass is 10.1. The molecule has 0 spiro atoms. The van der Waals surface area contributed by atoms with Crippen molar-refractivity contribution in [3.8, 4) is 11.5 Å². The van der Waals surface area contributed by atoms with E-state index in [9.17, 15) is 18.4 Å². The van der Waals surface area contributed by atoms with Crippen LogP contribution in [-0.2, 0) is 16.2 Å². The van der Waals surface area contributed by atoms with Gasteiger partial charge in [0.15, 0.2) is 11.5 Å². The molecule has 10 heteroatoms. The summed E-state index contributed by atoms with van der Waals surface area (Å²) in [6, 6.07) is 14.2. The van der Waals surface area contributed by atoms with E-state index < -0.39 is 23.4 Å². The zero-order chi connectivity index (χ0) is 24.7. The molecule has 2 amide bonds. The molecule has 3 aromatic carbocycles. The monoisotopic (exact) mass is 487 g/mol. The summed E-state index contributed by atoms with van der Waals surface area (Å²) >= 11 is 6.03. The predicted octanol–water partition coefficient (Wildman–Crippen LogP) is 4.68. The van der Waals surface area contributed by atoms with Gasteiger partial charge in [-0.05, 0) is 61.5 Å². The molecular weight excluding hydrogens is 468 g/mol. The van der Waals surface area contributed by atoms with Crippen molar-refractivity contribution < 1.29 is 27.8 Å². The second-order valence-electron chi connectivity index (χ2n) is 6.95. The molecule has 2 N–H and O–H groups in total.